The number of rotatable bonds is 7. The van der Waals surface area contributed by atoms with Crippen LogP contribution in [0.15, 0.2) is 18.2 Å². The number of halogens is 1. The van der Waals surface area contributed by atoms with Crippen molar-refractivity contribution in [1.82, 2.24) is 5.32 Å². The molecule has 0 bridgehead atoms. The Hall–Kier alpha value is -1.76. The molecule has 104 valence electrons. The fourth-order valence-corrected chi connectivity index (χ4v) is 1.93. The van der Waals surface area contributed by atoms with Gasteiger partial charge in [0, 0.05) is 12.1 Å². The van der Waals surface area contributed by atoms with Crippen molar-refractivity contribution in [3.8, 4) is 5.75 Å². The fourth-order valence-electron chi connectivity index (χ4n) is 1.36. The minimum Gasteiger partial charge on any atom is -0.496 e. The van der Waals surface area contributed by atoms with E-state index in [1.54, 1.807) is 0 Å². The van der Waals surface area contributed by atoms with Crippen LogP contribution in [0.25, 0.3) is 0 Å². The first kappa shape index (κ1) is 15.3. The Balaban J connectivity index is 2.45. The third kappa shape index (κ3) is 5.60. The van der Waals surface area contributed by atoms with Crippen molar-refractivity contribution in [3.05, 3.63) is 29.6 Å². The number of methoxy groups -OCH3 is 1. The van der Waals surface area contributed by atoms with Crippen LogP contribution in [0.1, 0.15) is 5.56 Å². The van der Waals surface area contributed by atoms with Crippen LogP contribution >= 0.6 is 11.8 Å². The number of carbonyl (C=O) groups excluding carboxylic acids is 1. The fraction of sp³-hybridized carbons (Fsp3) is 0.333. The number of carboxylic acid groups (broad SMARTS) is 1. The van der Waals surface area contributed by atoms with Gasteiger partial charge in [0.2, 0.25) is 5.91 Å². The van der Waals surface area contributed by atoms with E-state index in [1.165, 1.54) is 25.3 Å². The molecule has 19 heavy (non-hydrogen) atoms. The highest BCUT2D eigenvalue weighted by atomic mass is 32.2. The monoisotopic (exact) mass is 287 g/mol. The molecule has 2 N–H and O–H groups in total. The summed E-state index contributed by atoms with van der Waals surface area (Å²) < 4.78 is 18.1. The Bertz CT molecular complexity index is 467. The lowest BCUT2D eigenvalue weighted by Crippen LogP contribution is -2.25. The Labute approximate surface area is 114 Å². The van der Waals surface area contributed by atoms with E-state index < -0.39 is 11.8 Å². The molecule has 1 aromatic rings. The van der Waals surface area contributed by atoms with Gasteiger partial charge in [0.05, 0.1) is 18.6 Å². The maximum absolute atomic E-state index is 13.1. The van der Waals surface area contributed by atoms with E-state index in [1.807, 2.05) is 0 Å². The first-order chi connectivity index (χ1) is 9.02. The summed E-state index contributed by atoms with van der Waals surface area (Å²) in [6.07, 6.45) is 0. The van der Waals surface area contributed by atoms with E-state index >= 15 is 0 Å². The van der Waals surface area contributed by atoms with E-state index in [-0.39, 0.29) is 24.0 Å². The molecule has 0 atom stereocenters. The number of carboxylic acids is 1. The number of ether oxygens (including phenoxy) is 1. The minimum atomic E-state index is -0.968. The number of nitrogens with one attached hydrogen (secondary N) is 1. The molecule has 0 saturated heterocycles. The normalized spacial score (nSPS) is 10.0. The minimum absolute atomic E-state index is 0.0456. The topological polar surface area (TPSA) is 75.6 Å². The average molecular weight is 287 g/mol. The van der Waals surface area contributed by atoms with E-state index in [9.17, 15) is 14.0 Å². The van der Waals surface area contributed by atoms with Crippen LogP contribution in [0.3, 0.4) is 0 Å². The van der Waals surface area contributed by atoms with Crippen LogP contribution in [-0.2, 0) is 16.1 Å². The molecule has 1 aromatic carbocycles. The van der Waals surface area contributed by atoms with Crippen molar-refractivity contribution in [2.45, 2.75) is 6.54 Å². The van der Waals surface area contributed by atoms with Gasteiger partial charge >= 0.3 is 5.97 Å². The number of amides is 1. The van der Waals surface area contributed by atoms with Crippen molar-refractivity contribution in [3.63, 3.8) is 0 Å². The van der Waals surface area contributed by atoms with Crippen molar-refractivity contribution < 1.29 is 23.8 Å². The number of thioether (sulfide) groups is 1. The molecular weight excluding hydrogens is 273 g/mol. The molecule has 7 heteroatoms. The lowest BCUT2D eigenvalue weighted by molar-refractivity contribution is -0.133. The van der Waals surface area contributed by atoms with E-state index in [0.717, 1.165) is 11.8 Å². The highest BCUT2D eigenvalue weighted by Crippen LogP contribution is 2.18. The van der Waals surface area contributed by atoms with Crippen molar-refractivity contribution >= 4 is 23.6 Å². The van der Waals surface area contributed by atoms with Crippen molar-refractivity contribution in [2.75, 3.05) is 18.6 Å². The van der Waals surface area contributed by atoms with Crippen LogP contribution in [0.5, 0.6) is 5.75 Å². The van der Waals surface area contributed by atoms with Gasteiger partial charge in [-0.05, 0) is 18.2 Å². The SMILES string of the molecule is COc1ccc(F)cc1CNC(=O)CSCC(=O)O. The lowest BCUT2D eigenvalue weighted by atomic mass is 10.2. The number of aliphatic carboxylic acids is 1. The molecule has 5 nitrogen and oxygen atoms in total. The summed E-state index contributed by atoms with van der Waals surface area (Å²) in [5, 5.41) is 11.0. The van der Waals surface area contributed by atoms with Gasteiger partial charge in [-0.15, -0.1) is 11.8 Å². The van der Waals surface area contributed by atoms with Crippen LogP contribution in [0.4, 0.5) is 4.39 Å². The van der Waals surface area contributed by atoms with Gasteiger partial charge < -0.3 is 15.2 Å². The Morgan fingerprint density at radius 1 is 1.42 bits per heavy atom. The summed E-state index contributed by atoms with van der Waals surface area (Å²) in [5.41, 5.74) is 0.527. The molecule has 0 fully saturated rings. The second-order valence-electron chi connectivity index (χ2n) is 3.62. The van der Waals surface area contributed by atoms with Gasteiger partial charge in [-0.1, -0.05) is 0 Å². The van der Waals surface area contributed by atoms with Gasteiger partial charge in [0.15, 0.2) is 0 Å². The van der Waals surface area contributed by atoms with E-state index in [2.05, 4.69) is 5.32 Å². The highest BCUT2D eigenvalue weighted by molar-refractivity contribution is 8.00. The maximum Gasteiger partial charge on any atom is 0.313 e. The van der Waals surface area contributed by atoms with Gasteiger partial charge in [0.1, 0.15) is 11.6 Å². The summed E-state index contributed by atoms with van der Waals surface area (Å²) in [5.74, 6) is -1.28. The molecule has 0 heterocycles. The third-order valence-corrected chi connectivity index (χ3v) is 3.09. The van der Waals surface area contributed by atoms with Crippen LogP contribution in [0.2, 0.25) is 0 Å². The van der Waals surface area contributed by atoms with Crippen LogP contribution in [-0.4, -0.2) is 35.6 Å². The van der Waals surface area contributed by atoms with Gasteiger partial charge in [-0.3, -0.25) is 9.59 Å². The third-order valence-electron chi connectivity index (χ3n) is 2.18. The highest BCUT2D eigenvalue weighted by Gasteiger charge is 2.08. The van der Waals surface area contributed by atoms with Crippen molar-refractivity contribution in [1.29, 1.82) is 0 Å². The number of benzene rings is 1. The standard InChI is InChI=1S/C12H14FNO4S/c1-18-10-3-2-9(13)4-8(10)5-14-11(15)6-19-7-12(16)17/h2-4H,5-7H2,1H3,(H,14,15)(H,16,17). The van der Waals surface area contributed by atoms with Crippen molar-refractivity contribution in [2.24, 2.45) is 0 Å². The molecule has 0 aromatic heterocycles. The first-order valence-electron chi connectivity index (χ1n) is 5.41. The number of carbonyl (C=O) groups is 2. The zero-order chi connectivity index (χ0) is 14.3. The number of hydrogen-bond acceptors (Lipinski definition) is 4. The summed E-state index contributed by atoms with van der Waals surface area (Å²) in [6.45, 7) is 0.132. The molecule has 1 amide bonds. The first-order valence-corrected chi connectivity index (χ1v) is 6.57. The molecular formula is C12H14FNO4S. The Morgan fingerprint density at radius 2 is 2.16 bits per heavy atom. The zero-order valence-corrected chi connectivity index (χ0v) is 11.1. The zero-order valence-electron chi connectivity index (χ0n) is 10.3. The number of hydrogen-bond donors (Lipinski definition) is 2. The molecule has 0 aliphatic heterocycles. The van der Waals surface area contributed by atoms with Crippen LogP contribution in [0, 0.1) is 5.82 Å². The molecule has 0 radical (unpaired) electrons. The second-order valence-corrected chi connectivity index (χ2v) is 4.61. The molecule has 0 unspecified atom stereocenters. The Morgan fingerprint density at radius 3 is 2.79 bits per heavy atom. The second kappa shape index (κ2) is 7.63. The molecule has 0 aliphatic carbocycles. The molecule has 0 spiro atoms. The predicted octanol–water partition coefficient (Wildman–Crippen LogP) is 1.27. The summed E-state index contributed by atoms with van der Waals surface area (Å²) >= 11 is 1.00. The van der Waals surface area contributed by atoms with E-state index in [4.69, 9.17) is 9.84 Å². The smallest absolute Gasteiger partial charge is 0.313 e. The average Bonchev–Trinajstić information content (AvgIpc) is 2.36. The lowest BCUT2D eigenvalue weighted by Gasteiger charge is -2.09. The molecule has 1 rings (SSSR count). The Kier molecular flexibility index (Phi) is 6.14. The molecule has 0 saturated carbocycles. The van der Waals surface area contributed by atoms with E-state index in [0.29, 0.717) is 11.3 Å². The quantitative estimate of drug-likeness (QED) is 0.790. The van der Waals surface area contributed by atoms with Crippen LogP contribution < -0.4 is 10.1 Å². The van der Waals surface area contributed by atoms with Gasteiger partial charge in [0.25, 0.3) is 0 Å². The summed E-state index contributed by atoms with van der Waals surface area (Å²) in [6, 6.07) is 4.03. The molecule has 0 aliphatic rings. The summed E-state index contributed by atoms with van der Waals surface area (Å²) in [4.78, 5) is 21.7. The largest absolute Gasteiger partial charge is 0.496 e. The maximum atomic E-state index is 13.1. The predicted molar refractivity (Wildman–Crippen MR) is 69.8 cm³/mol. The van der Waals surface area contributed by atoms with Gasteiger partial charge in [-0.25, -0.2) is 4.39 Å². The summed E-state index contributed by atoms with van der Waals surface area (Å²) in [7, 11) is 1.46. The van der Waals surface area contributed by atoms with Gasteiger partial charge in [-0.2, -0.15) is 0 Å².